The first kappa shape index (κ1) is 25.0. The molecule has 172 valence electrons. The Kier molecular flexibility index (Phi) is 8.32. The van der Waals surface area contributed by atoms with E-state index in [4.69, 9.17) is 14.2 Å². The number of aliphatic hydroxyl groups excluding tert-OH is 1. The first-order valence-electron chi connectivity index (χ1n) is 10.7. The first-order valence-corrected chi connectivity index (χ1v) is 10.7. The molecule has 1 fully saturated rings. The normalized spacial score (nSPS) is 23.7. The highest BCUT2D eigenvalue weighted by Gasteiger charge is 2.55. The molecule has 2 heterocycles. The van der Waals surface area contributed by atoms with Gasteiger partial charge in [-0.1, -0.05) is 42.4 Å². The van der Waals surface area contributed by atoms with E-state index in [9.17, 15) is 9.90 Å². The summed E-state index contributed by atoms with van der Waals surface area (Å²) in [7, 11) is 2.97. The number of allylic oxidation sites excluding steroid dienone is 5. The van der Waals surface area contributed by atoms with Crippen LogP contribution in [-0.4, -0.2) is 42.1 Å². The molecule has 2 rings (SSSR count). The van der Waals surface area contributed by atoms with Crippen molar-refractivity contribution in [3.8, 4) is 11.6 Å². The third-order valence-electron chi connectivity index (χ3n) is 6.15. The second kappa shape index (κ2) is 10.3. The molecular formula is C25H37NO5. The van der Waals surface area contributed by atoms with Crippen molar-refractivity contribution in [2.45, 2.75) is 72.2 Å². The lowest BCUT2D eigenvalue weighted by Gasteiger charge is -2.20. The SMILES string of the molecule is COc1[nH]c(C/C=C(\C)C/C=C/C(C)=C/[C@@H](C)[C@@H](O)C2(C)OC2C)c(C)c(=O)c1OC. The number of ether oxygens (including phenoxy) is 3. The number of rotatable bonds is 10. The molecule has 6 nitrogen and oxygen atoms in total. The molecule has 0 spiro atoms. The molecule has 6 heteroatoms. The fraction of sp³-hybridized carbons (Fsp3) is 0.560. The molecule has 1 aliphatic heterocycles. The average Bonchev–Trinajstić information content (AvgIpc) is 3.35. The Morgan fingerprint density at radius 3 is 2.52 bits per heavy atom. The van der Waals surface area contributed by atoms with Gasteiger partial charge in [0.1, 0.15) is 5.60 Å². The summed E-state index contributed by atoms with van der Waals surface area (Å²) in [6.45, 7) is 11.8. The van der Waals surface area contributed by atoms with E-state index in [0.717, 1.165) is 17.7 Å². The van der Waals surface area contributed by atoms with Gasteiger partial charge >= 0.3 is 0 Å². The fourth-order valence-corrected chi connectivity index (χ4v) is 3.76. The van der Waals surface area contributed by atoms with Gasteiger partial charge in [-0.3, -0.25) is 4.79 Å². The maximum absolute atomic E-state index is 12.4. The summed E-state index contributed by atoms with van der Waals surface area (Å²) in [6.07, 6.45) is 9.37. The first-order chi connectivity index (χ1) is 14.5. The van der Waals surface area contributed by atoms with Crippen LogP contribution in [0.3, 0.4) is 0 Å². The fourth-order valence-electron chi connectivity index (χ4n) is 3.76. The Morgan fingerprint density at radius 2 is 1.97 bits per heavy atom. The Bertz CT molecular complexity index is 927. The largest absolute Gasteiger partial charge is 0.488 e. The van der Waals surface area contributed by atoms with E-state index in [-0.39, 0.29) is 23.2 Å². The second-order valence-electron chi connectivity index (χ2n) is 8.64. The topological polar surface area (TPSA) is 84.1 Å². The molecule has 1 saturated heterocycles. The van der Waals surface area contributed by atoms with Gasteiger partial charge in [0.25, 0.3) is 0 Å². The molecule has 0 saturated carbocycles. The van der Waals surface area contributed by atoms with Gasteiger partial charge in [0.15, 0.2) is 0 Å². The highest BCUT2D eigenvalue weighted by Crippen LogP contribution is 2.41. The third-order valence-corrected chi connectivity index (χ3v) is 6.15. The van der Waals surface area contributed by atoms with Gasteiger partial charge in [-0.05, 0) is 41.0 Å². The minimum Gasteiger partial charge on any atom is -0.488 e. The summed E-state index contributed by atoms with van der Waals surface area (Å²) in [5, 5.41) is 10.5. The molecular weight excluding hydrogens is 394 g/mol. The number of aliphatic hydroxyl groups is 1. The third kappa shape index (κ3) is 5.89. The lowest BCUT2D eigenvalue weighted by atomic mass is 9.90. The van der Waals surface area contributed by atoms with Gasteiger partial charge in [-0.25, -0.2) is 0 Å². The van der Waals surface area contributed by atoms with E-state index in [2.05, 4.69) is 36.2 Å². The van der Waals surface area contributed by atoms with Gasteiger partial charge in [-0.2, -0.15) is 0 Å². The van der Waals surface area contributed by atoms with E-state index < -0.39 is 11.7 Å². The van der Waals surface area contributed by atoms with Crippen molar-refractivity contribution in [2.24, 2.45) is 5.92 Å². The Labute approximate surface area is 185 Å². The Hall–Kier alpha value is -2.31. The van der Waals surface area contributed by atoms with Gasteiger partial charge in [0.2, 0.25) is 17.1 Å². The highest BCUT2D eigenvalue weighted by atomic mass is 16.6. The van der Waals surface area contributed by atoms with E-state index in [1.165, 1.54) is 19.8 Å². The van der Waals surface area contributed by atoms with Crippen LogP contribution in [0, 0.1) is 12.8 Å². The number of aromatic amines is 1. The summed E-state index contributed by atoms with van der Waals surface area (Å²) in [5.41, 5.74) is 3.16. The maximum Gasteiger partial charge on any atom is 0.238 e. The highest BCUT2D eigenvalue weighted by molar-refractivity contribution is 5.40. The van der Waals surface area contributed by atoms with E-state index >= 15 is 0 Å². The average molecular weight is 432 g/mol. The molecule has 2 N–H and O–H groups in total. The Morgan fingerprint density at radius 1 is 1.32 bits per heavy atom. The number of aromatic nitrogens is 1. The van der Waals surface area contributed by atoms with Crippen LogP contribution < -0.4 is 14.9 Å². The van der Waals surface area contributed by atoms with Crippen molar-refractivity contribution in [3.63, 3.8) is 0 Å². The maximum atomic E-state index is 12.4. The standard InChI is InChI=1S/C25H37NO5/c1-15(12-13-20-18(4)21(27)22(29-7)24(26-20)30-8)10-9-11-16(2)14-17(3)23(28)25(6)19(5)31-25/h9,11-12,14,17,19,23,28H,10,13H2,1-8H3,(H,26,27)/b11-9+,15-12+,16-14+/t17-,19?,23-,25?/m1/s1. The zero-order valence-electron chi connectivity index (χ0n) is 20.0. The zero-order chi connectivity index (χ0) is 23.3. The minimum absolute atomic E-state index is 0.0149. The molecule has 4 atom stereocenters. The number of epoxide rings is 1. The molecule has 0 bridgehead atoms. The predicted octanol–water partition coefficient (Wildman–Crippen LogP) is 4.26. The summed E-state index contributed by atoms with van der Waals surface area (Å²) in [5.74, 6) is 0.558. The smallest absolute Gasteiger partial charge is 0.238 e. The number of nitrogens with one attached hydrogen (secondary N) is 1. The molecule has 1 aliphatic rings. The van der Waals surface area contributed by atoms with Crippen LogP contribution in [0.5, 0.6) is 11.6 Å². The number of pyridine rings is 1. The van der Waals surface area contributed by atoms with Gasteiger partial charge in [-0.15, -0.1) is 0 Å². The summed E-state index contributed by atoms with van der Waals surface area (Å²) in [4.78, 5) is 15.6. The Balaban J connectivity index is 1.98. The van der Waals surface area contributed by atoms with Crippen molar-refractivity contribution in [1.82, 2.24) is 4.98 Å². The second-order valence-corrected chi connectivity index (χ2v) is 8.64. The van der Waals surface area contributed by atoms with Gasteiger partial charge in [0, 0.05) is 23.6 Å². The number of methoxy groups -OCH3 is 2. The van der Waals surface area contributed by atoms with Crippen molar-refractivity contribution >= 4 is 0 Å². The molecule has 2 unspecified atom stereocenters. The zero-order valence-corrected chi connectivity index (χ0v) is 20.0. The number of hydrogen-bond donors (Lipinski definition) is 2. The molecule has 0 amide bonds. The van der Waals surface area contributed by atoms with Crippen LogP contribution in [-0.2, 0) is 11.2 Å². The molecule has 0 aromatic carbocycles. The number of hydrogen-bond acceptors (Lipinski definition) is 5. The van der Waals surface area contributed by atoms with Crippen LogP contribution in [0.15, 0.2) is 40.2 Å². The van der Waals surface area contributed by atoms with E-state index in [1.807, 2.05) is 27.7 Å². The molecule has 0 radical (unpaired) electrons. The molecule has 0 aliphatic carbocycles. The predicted molar refractivity (Wildman–Crippen MR) is 124 cm³/mol. The lowest BCUT2D eigenvalue weighted by Crippen LogP contribution is -2.33. The number of H-pyrrole nitrogens is 1. The summed E-state index contributed by atoms with van der Waals surface area (Å²) in [6, 6.07) is 0. The van der Waals surface area contributed by atoms with Crippen LogP contribution in [0.4, 0.5) is 0 Å². The van der Waals surface area contributed by atoms with Gasteiger partial charge in [0.05, 0.1) is 26.4 Å². The monoisotopic (exact) mass is 431 g/mol. The minimum atomic E-state index is -0.514. The molecule has 1 aromatic rings. The van der Waals surface area contributed by atoms with Crippen LogP contribution in [0.2, 0.25) is 0 Å². The van der Waals surface area contributed by atoms with Crippen molar-refractivity contribution in [3.05, 3.63) is 56.9 Å². The lowest BCUT2D eigenvalue weighted by molar-refractivity contribution is 0.0564. The summed E-state index contributed by atoms with van der Waals surface area (Å²) < 4.78 is 15.9. The van der Waals surface area contributed by atoms with Crippen molar-refractivity contribution in [2.75, 3.05) is 14.2 Å². The van der Waals surface area contributed by atoms with Crippen LogP contribution >= 0.6 is 0 Å². The van der Waals surface area contributed by atoms with Crippen LogP contribution in [0.1, 0.15) is 52.3 Å². The van der Waals surface area contributed by atoms with E-state index in [1.54, 1.807) is 6.92 Å². The summed E-state index contributed by atoms with van der Waals surface area (Å²) >= 11 is 0. The van der Waals surface area contributed by atoms with E-state index in [0.29, 0.717) is 17.9 Å². The quantitative estimate of drug-likeness (QED) is 0.329. The molecule has 1 aromatic heterocycles. The van der Waals surface area contributed by atoms with Crippen molar-refractivity contribution in [1.29, 1.82) is 0 Å². The molecule has 31 heavy (non-hydrogen) atoms. The van der Waals surface area contributed by atoms with Crippen molar-refractivity contribution < 1.29 is 19.3 Å². The van der Waals surface area contributed by atoms with Gasteiger partial charge < -0.3 is 24.3 Å². The van der Waals surface area contributed by atoms with Crippen LogP contribution in [0.25, 0.3) is 0 Å².